The highest BCUT2D eigenvalue weighted by Gasteiger charge is 2.44. The van der Waals surface area contributed by atoms with Crippen molar-refractivity contribution in [1.29, 1.82) is 0 Å². The molecule has 0 amide bonds. The van der Waals surface area contributed by atoms with E-state index in [1.54, 1.807) is 0 Å². The zero-order valence-corrected chi connectivity index (χ0v) is 8.06. The van der Waals surface area contributed by atoms with E-state index in [1.165, 1.54) is 0 Å². The van der Waals surface area contributed by atoms with Crippen molar-refractivity contribution in [3.8, 4) is 5.88 Å². The molecule has 1 aromatic heterocycles. The summed E-state index contributed by atoms with van der Waals surface area (Å²) in [5.41, 5.74) is 0. The van der Waals surface area contributed by atoms with Gasteiger partial charge in [0.15, 0.2) is 6.23 Å². The fraction of sp³-hybridized carbons (Fsp3) is 0.625. The Hall–Kier alpha value is -1.22. The molecule has 0 aliphatic carbocycles. The van der Waals surface area contributed by atoms with Crippen LogP contribution >= 0.6 is 0 Å². The van der Waals surface area contributed by atoms with E-state index >= 15 is 0 Å². The molecular formula is C8H11FN2O5. The summed E-state index contributed by atoms with van der Waals surface area (Å²) in [6.07, 6.45) is -5.34. The molecule has 0 saturated carbocycles. The summed E-state index contributed by atoms with van der Waals surface area (Å²) in [5, 5.41) is 37.1. The van der Waals surface area contributed by atoms with Crippen molar-refractivity contribution >= 4 is 0 Å². The van der Waals surface area contributed by atoms with Gasteiger partial charge in [-0.15, -0.1) is 0 Å². The Morgan fingerprint density at radius 2 is 2.12 bits per heavy atom. The average molecular weight is 234 g/mol. The van der Waals surface area contributed by atoms with Crippen LogP contribution < -0.4 is 0 Å². The molecule has 8 heteroatoms. The molecule has 7 nitrogen and oxygen atoms in total. The molecule has 1 aromatic rings. The fourth-order valence-electron chi connectivity index (χ4n) is 1.66. The normalized spacial score (nSPS) is 34.5. The molecule has 0 bridgehead atoms. The van der Waals surface area contributed by atoms with Gasteiger partial charge in [0.2, 0.25) is 5.88 Å². The maximum absolute atomic E-state index is 13.2. The molecule has 16 heavy (non-hydrogen) atoms. The van der Waals surface area contributed by atoms with Crippen molar-refractivity contribution in [2.45, 2.75) is 24.5 Å². The van der Waals surface area contributed by atoms with Crippen LogP contribution in [-0.4, -0.2) is 54.9 Å². The van der Waals surface area contributed by atoms with Gasteiger partial charge in [-0.3, -0.25) is 0 Å². The predicted octanol–water partition coefficient (Wildman–Crippen LogP) is -1.66. The van der Waals surface area contributed by atoms with Crippen LogP contribution in [0, 0.1) is 6.08 Å². The predicted molar refractivity (Wildman–Crippen MR) is 46.9 cm³/mol. The SMILES string of the molecule is OCC1OC(n2c(O)cnc2F)C(O)C1O. The Kier molecular flexibility index (Phi) is 2.80. The highest BCUT2D eigenvalue weighted by atomic mass is 19.1. The van der Waals surface area contributed by atoms with Gasteiger partial charge in [0, 0.05) is 0 Å². The van der Waals surface area contributed by atoms with Gasteiger partial charge in [-0.25, -0.2) is 9.55 Å². The lowest BCUT2D eigenvalue weighted by atomic mass is 10.1. The molecule has 1 saturated heterocycles. The molecule has 1 aliphatic rings. The molecule has 4 unspecified atom stereocenters. The molecule has 2 heterocycles. The molecule has 1 aliphatic heterocycles. The van der Waals surface area contributed by atoms with Crippen LogP contribution in [0.2, 0.25) is 0 Å². The van der Waals surface area contributed by atoms with Crippen LogP contribution in [0.3, 0.4) is 0 Å². The van der Waals surface area contributed by atoms with Gasteiger partial charge < -0.3 is 25.2 Å². The number of aliphatic hydroxyl groups excluding tert-OH is 3. The van der Waals surface area contributed by atoms with Crippen LogP contribution in [0.5, 0.6) is 5.88 Å². The Morgan fingerprint density at radius 1 is 1.44 bits per heavy atom. The lowest BCUT2D eigenvalue weighted by Gasteiger charge is -2.16. The molecule has 90 valence electrons. The summed E-state index contributed by atoms with van der Waals surface area (Å²) in [4.78, 5) is 3.18. The van der Waals surface area contributed by atoms with E-state index in [2.05, 4.69) is 4.98 Å². The van der Waals surface area contributed by atoms with E-state index in [0.29, 0.717) is 4.57 Å². The number of ether oxygens (including phenoxy) is 1. The number of hydrogen-bond donors (Lipinski definition) is 4. The molecule has 1 fully saturated rings. The zero-order valence-electron chi connectivity index (χ0n) is 8.06. The topological polar surface area (TPSA) is 108 Å². The second kappa shape index (κ2) is 3.98. The second-order valence-electron chi connectivity index (χ2n) is 3.48. The van der Waals surface area contributed by atoms with E-state index in [1.807, 2.05) is 0 Å². The minimum absolute atomic E-state index is 0.522. The molecule has 4 atom stereocenters. The quantitative estimate of drug-likeness (QED) is 0.488. The fourth-order valence-corrected chi connectivity index (χ4v) is 1.66. The average Bonchev–Trinajstić information content (AvgIpc) is 2.72. The zero-order chi connectivity index (χ0) is 11.9. The van der Waals surface area contributed by atoms with Crippen molar-refractivity contribution in [3.63, 3.8) is 0 Å². The van der Waals surface area contributed by atoms with Gasteiger partial charge in [0.1, 0.15) is 18.3 Å². The highest BCUT2D eigenvalue weighted by Crippen LogP contribution is 2.32. The highest BCUT2D eigenvalue weighted by molar-refractivity contribution is 5.07. The van der Waals surface area contributed by atoms with Gasteiger partial charge in [0.25, 0.3) is 6.08 Å². The Labute approximate surface area is 89.3 Å². The summed E-state index contributed by atoms with van der Waals surface area (Å²) in [7, 11) is 0. The summed E-state index contributed by atoms with van der Waals surface area (Å²) in [6, 6.07) is 0. The number of aromatic hydroxyl groups is 1. The maximum atomic E-state index is 13.2. The number of aromatic nitrogens is 2. The first-order chi connectivity index (χ1) is 7.56. The molecule has 0 spiro atoms. The van der Waals surface area contributed by atoms with E-state index in [4.69, 9.17) is 9.84 Å². The van der Waals surface area contributed by atoms with Crippen LogP contribution in [0.4, 0.5) is 4.39 Å². The minimum atomic E-state index is -1.45. The lowest BCUT2D eigenvalue weighted by molar-refractivity contribution is -0.0603. The number of aliphatic hydroxyl groups is 3. The third-order valence-corrected chi connectivity index (χ3v) is 2.50. The lowest BCUT2D eigenvalue weighted by Crippen LogP contribution is -2.33. The number of nitrogens with zero attached hydrogens (tertiary/aromatic N) is 2. The molecule has 2 rings (SSSR count). The molecular weight excluding hydrogens is 223 g/mol. The van der Waals surface area contributed by atoms with Crippen LogP contribution in [0.15, 0.2) is 6.20 Å². The first-order valence-electron chi connectivity index (χ1n) is 4.60. The molecule has 4 N–H and O–H groups in total. The van der Waals surface area contributed by atoms with Crippen molar-refractivity contribution < 1.29 is 29.6 Å². The smallest absolute Gasteiger partial charge is 0.294 e. The summed E-state index contributed by atoms with van der Waals surface area (Å²) in [5.74, 6) is -0.535. The third-order valence-electron chi connectivity index (χ3n) is 2.50. The number of imidazole rings is 1. The van der Waals surface area contributed by atoms with Crippen LogP contribution in [0.25, 0.3) is 0 Å². The van der Waals surface area contributed by atoms with Crippen molar-refractivity contribution in [3.05, 3.63) is 12.3 Å². The first kappa shape index (κ1) is 11.3. The standard InChI is InChI=1S/C8H11FN2O5/c9-8-10-1-4(13)11(8)7-6(15)5(14)3(2-12)16-7/h1,3,5-7,12-15H,2H2. The van der Waals surface area contributed by atoms with Gasteiger partial charge >= 0.3 is 0 Å². The van der Waals surface area contributed by atoms with E-state index in [9.17, 15) is 19.7 Å². The van der Waals surface area contributed by atoms with Gasteiger partial charge in [-0.05, 0) is 0 Å². The Bertz CT molecular complexity index is 365. The minimum Gasteiger partial charge on any atom is -0.493 e. The number of halogens is 1. The van der Waals surface area contributed by atoms with E-state index < -0.39 is 43.1 Å². The van der Waals surface area contributed by atoms with Gasteiger partial charge in [-0.1, -0.05) is 0 Å². The maximum Gasteiger partial charge on any atom is 0.294 e. The monoisotopic (exact) mass is 234 g/mol. The molecule has 0 aromatic carbocycles. The summed E-state index contributed by atoms with van der Waals surface area (Å²) >= 11 is 0. The Morgan fingerprint density at radius 3 is 2.56 bits per heavy atom. The van der Waals surface area contributed by atoms with Crippen LogP contribution in [0.1, 0.15) is 6.23 Å². The summed E-state index contributed by atoms with van der Waals surface area (Å²) < 4.78 is 18.8. The Balaban J connectivity index is 2.30. The van der Waals surface area contributed by atoms with E-state index in [-0.39, 0.29) is 0 Å². The van der Waals surface area contributed by atoms with Crippen LogP contribution in [-0.2, 0) is 4.74 Å². The van der Waals surface area contributed by atoms with Crippen molar-refractivity contribution in [1.82, 2.24) is 9.55 Å². The second-order valence-corrected chi connectivity index (χ2v) is 3.48. The number of hydrogen-bond acceptors (Lipinski definition) is 6. The van der Waals surface area contributed by atoms with Gasteiger partial charge in [0.05, 0.1) is 12.8 Å². The molecule has 0 radical (unpaired) electrons. The number of rotatable bonds is 2. The largest absolute Gasteiger partial charge is 0.493 e. The first-order valence-corrected chi connectivity index (χ1v) is 4.60. The van der Waals surface area contributed by atoms with Gasteiger partial charge in [-0.2, -0.15) is 4.39 Å². The third kappa shape index (κ3) is 1.55. The van der Waals surface area contributed by atoms with Crippen molar-refractivity contribution in [2.24, 2.45) is 0 Å². The van der Waals surface area contributed by atoms with E-state index in [0.717, 1.165) is 6.20 Å². The summed E-state index contributed by atoms with van der Waals surface area (Å²) in [6.45, 7) is -0.522. The van der Waals surface area contributed by atoms with Crippen molar-refractivity contribution in [2.75, 3.05) is 6.61 Å².